The maximum atomic E-state index is 4.35. The van der Waals surface area contributed by atoms with Crippen LogP contribution in [0.4, 0.5) is 0 Å². The van der Waals surface area contributed by atoms with Crippen molar-refractivity contribution < 1.29 is 0 Å². The molecule has 1 aliphatic rings. The van der Waals surface area contributed by atoms with Crippen molar-refractivity contribution in [3.8, 4) is 0 Å². The van der Waals surface area contributed by atoms with E-state index in [9.17, 15) is 0 Å². The number of aliphatic imine (C=N–C) groups is 1. The second kappa shape index (κ2) is 11.2. The summed E-state index contributed by atoms with van der Waals surface area (Å²) in [5.41, 5.74) is 2.69. The van der Waals surface area contributed by atoms with Gasteiger partial charge in [-0.1, -0.05) is 36.8 Å². The molecule has 0 aromatic heterocycles. The molecule has 1 atom stereocenters. The first kappa shape index (κ1) is 20.7. The molecular formula is C21H37N5. The average Bonchev–Trinajstić information content (AvgIpc) is 2.65. The molecule has 1 heterocycles. The Hall–Kier alpha value is -1.59. The van der Waals surface area contributed by atoms with E-state index in [-0.39, 0.29) is 0 Å². The zero-order valence-electron chi connectivity index (χ0n) is 17.1. The van der Waals surface area contributed by atoms with Crippen LogP contribution in [0.15, 0.2) is 29.3 Å². The van der Waals surface area contributed by atoms with Crippen molar-refractivity contribution in [1.82, 2.24) is 20.4 Å². The van der Waals surface area contributed by atoms with Crippen molar-refractivity contribution in [1.29, 1.82) is 0 Å². The smallest absolute Gasteiger partial charge is 0.190 e. The van der Waals surface area contributed by atoms with Gasteiger partial charge in [0.2, 0.25) is 0 Å². The molecule has 1 saturated heterocycles. The standard InChI is InChI=1S/C21H37N5/c1-18-8-7-9-20(16-18)19(2)17-24-21(22-3)23-10-5-6-11-26-14-12-25(4)13-15-26/h7-9,16,19H,5-6,10-15,17H2,1-4H3,(H2,22,23,24). The molecule has 0 spiro atoms. The van der Waals surface area contributed by atoms with Crippen LogP contribution in [0.2, 0.25) is 0 Å². The van der Waals surface area contributed by atoms with Gasteiger partial charge in [-0.15, -0.1) is 0 Å². The molecule has 1 unspecified atom stereocenters. The van der Waals surface area contributed by atoms with E-state index in [2.05, 4.69) is 70.6 Å². The molecule has 1 aromatic rings. The van der Waals surface area contributed by atoms with E-state index in [0.29, 0.717) is 5.92 Å². The van der Waals surface area contributed by atoms with Crippen molar-refractivity contribution >= 4 is 5.96 Å². The van der Waals surface area contributed by atoms with Gasteiger partial charge >= 0.3 is 0 Å². The Labute approximate surface area is 159 Å². The summed E-state index contributed by atoms with van der Waals surface area (Å²) < 4.78 is 0. The SMILES string of the molecule is CN=C(NCCCCN1CCN(C)CC1)NCC(C)c1cccc(C)c1. The molecular weight excluding hydrogens is 322 g/mol. The maximum Gasteiger partial charge on any atom is 0.190 e. The molecule has 2 rings (SSSR count). The molecule has 0 radical (unpaired) electrons. The van der Waals surface area contributed by atoms with Crippen molar-refractivity contribution in [2.45, 2.75) is 32.6 Å². The summed E-state index contributed by atoms with van der Waals surface area (Å²) in [4.78, 5) is 9.33. The summed E-state index contributed by atoms with van der Waals surface area (Å²) in [5.74, 6) is 1.37. The number of nitrogens with one attached hydrogen (secondary N) is 2. The second-order valence-corrected chi connectivity index (χ2v) is 7.55. The zero-order valence-corrected chi connectivity index (χ0v) is 17.1. The van der Waals surface area contributed by atoms with E-state index < -0.39 is 0 Å². The number of benzene rings is 1. The Bertz CT molecular complexity index is 549. The molecule has 0 aliphatic carbocycles. The van der Waals surface area contributed by atoms with Crippen LogP contribution < -0.4 is 10.6 Å². The van der Waals surface area contributed by atoms with Crippen LogP contribution in [-0.2, 0) is 0 Å². The minimum absolute atomic E-state index is 0.464. The highest BCUT2D eigenvalue weighted by Crippen LogP contribution is 2.15. The number of guanidine groups is 1. The molecule has 0 bridgehead atoms. The van der Waals surface area contributed by atoms with Gasteiger partial charge in [0.05, 0.1) is 0 Å². The van der Waals surface area contributed by atoms with Gasteiger partial charge in [0.1, 0.15) is 0 Å². The molecule has 5 heteroatoms. The molecule has 0 saturated carbocycles. The topological polar surface area (TPSA) is 42.9 Å². The van der Waals surface area contributed by atoms with Crippen molar-refractivity contribution in [3.05, 3.63) is 35.4 Å². The normalized spacial score (nSPS) is 17.9. The van der Waals surface area contributed by atoms with E-state index >= 15 is 0 Å². The summed E-state index contributed by atoms with van der Waals surface area (Å²) in [7, 11) is 4.05. The fraction of sp³-hybridized carbons (Fsp3) is 0.667. The largest absolute Gasteiger partial charge is 0.356 e. The first-order valence-electron chi connectivity index (χ1n) is 10.0. The molecule has 1 aromatic carbocycles. The average molecular weight is 360 g/mol. The van der Waals surface area contributed by atoms with Crippen LogP contribution in [-0.4, -0.2) is 75.7 Å². The molecule has 1 aliphatic heterocycles. The Morgan fingerprint density at radius 1 is 1.15 bits per heavy atom. The Morgan fingerprint density at radius 2 is 1.92 bits per heavy atom. The number of rotatable bonds is 8. The quantitative estimate of drug-likeness (QED) is 0.425. The number of likely N-dealkylation sites (N-methyl/N-ethyl adjacent to an activating group) is 1. The maximum absolute atomic E-state index is 4.35. The summed E-state index contributed by atoms with van der Waals surface area (Å²) >= 11 is 0. The van der Waals surface area contributed by atoms with E-state index in [1.165, 1.54) is 56.7 Å². The lowest BCUT2D eigenvalue weighted by Gasteiger charge is -2.32. The fourth-order valence-electron chi connectivity index (χ4n) is 3.30. The fourth-order valence-corrected chi connectivity index (χ4v) is 3.30. The van der Waals surface area contributed by atoms with Crippen LogP contribution in [0.5, 0.6) is 0 Å². The highest BCUT2D eigenvalue weighted by atomic mass is 15.2. The molecule has 5 nitrogen and oxygen atoms in total. The minimum Gasteiger partial charge on any atom is -0.356 e. The van der Waals surface area contributed by atoms with Crippen molar-refractivity contribution in [2.24, 2.45) is 4.99 Å². The summed E-state index contributed by atoms with van der Waals surface area (Å²) in [6.45, 7) is 12.3. The summed E-state index contributed by atoms with van der Waals surface area (Å²) in [6, 6.07) is 8.75. The number of nitrogens with zero attached hydrogens (tertiary/aromatic N) is 3. The van der Waals surface area contributed by atoms with Gasteiger partial charge in [0.25, 0.3) is 0 Å². The van der Waals surface area contributed by atoms with Crippen molar-refractivity contribution in [2.75, 3.05) is 59.9 Å². The van der Waals surface area contributed by atoms with E-state index in [0.717, 1.165) is 19.0 Å². The van der Waals surface area contributed by atoms with E-state index in [4.69, 9.17) is 0 Å². The third-order valence-electron chi connectivity index (χ3n) is 5.20. The van der Waals surface area contributed by atoms with Gasteiger partial charge in [-0.25, -0.2) is 0 Å². The van der Waals surface area contributed by atoms with Crippen molar-refractivity contribution in [3.63, 3.8) is 0 Å². The monoisotopic (exact) mass is 359 g/mol. The number of piperazine rings is 1. The van der Waals surface area contributed by atoms with Crippen LogP contribution in [0.25, 0.3) is 0 Å². The van der Waals surface area contributed by atoms with Gasteiger partial charge in [-0.3, -0.25) is 4.99 Å². The summed E-state index contributed by atoms with van der Waals surface area (Å²) in [5, 5.41) is 6.90. The third kappa shape index (κ3) is 7.34. The molecule has 2 N–H and O–H groups in total. The lowest BCUT2D eigenvalue weighted by molar-refractivity contribution is 0.152. The molecule has 0 amide bonds. The number of hydrogen-bond donors (Lipinski definition) is 2. The Balaban J connectivity index is 1.59. The minimum atomic E-state index is 0.464. The molecule has 26 heavy (non-hydrogen) atoms. The lowest BCUT2D eigenvalue weighted by Crippen LogP contribution is -2.44. The zero-order chi connectivity index (χ0) is 18.8. The van der Waals surface area contributed by atoms with Gasteiger partial charge in [0.15, 0.2) is 5.96 Å². The van der Waals surface area contributed by atoms with Crippen LogP contribution >= 0.6 is 0 Å². The summed E-state index contributed by atoms with van der Waals surface area (Å²) in [6.07, 6.45) is 2.42. The predicted molar refractivity (Wildman–Crippen MR) is 112 cm³/mol. The lowest BCUT2D eigenvalue weighted by atomic mass is 9.99. The van der Waals surface area contributed by atoms with Gasteiger partial charge in [-0.05, 0) is 44.8 Å². The Kier molecular flexibility index (Phi) is 8.92. The van der Waals surface area contributed by atoms with Crippen LogP contribution in [0.1, 0.15) is 36.8 Å². The van der Waals surface area contributed by atoms with E-state index in [1.807, 2.05) is 7.05 Å². The molecule has 146 valence electrons. The highest BCUT2D eigenvalue weighted by Gasteiger charge is 2.12. The number of unbranched alkanes of at least 4 members (excludes halogenated alkanes) is 1. The predicted octanol–water partition coefficient (Wildman–Crippen LogP) is 2.29. The Morgan fingerprint density at radius 3 is 2.62 bits per heavy atom. The number of hydrogen-bond acceptors (Lipinski definition) is 3. The number of aryl methyl sites for hydroxylation is 1. The molecule has 1 fully saturated rings. The van der Waals surface area contributed by atoms with Gasteiger partial charge in [-0.2, -0.15) is 0 Å². The first-order chi connectivity index (χ1) is 12.6. The first-order valence-corrected chi connectivity index (χ1v) is 10.0. The van der Waals surface area contributed by atoms with E-state index in [1.54, 1.807) is 0 Å². The second-order valence-electron chi connectivity index (χ2n) is 7.55. The van der Waals surface area contributed by atoms with Gasteiger partial charge in [0, 0.05) is 46.3 Å². The highest BCUT2D eigenvalue weighted by molar-refractivity contribution is 5.79. The van der Waals surface area contributed by atoms with Crippen LogP contribution in [0, 0.1) is 6.92 Å². The third-order valence-corrected chi connectivity index (χ3v) is 5.20. The van der Waals surface area contributed by atoms with Gasteiger partial charge < -0.3 is 20.4 Å². The van der Waals surface area contributed by atoms with Crippen LogP contribution in [0.3, 0.4) is 0 Å².